The molecule has 3 heteroatoms. The summed E-state index contributed by atoms with van der Waals surface area (Å²) in [6.07, 6.45) is 4.04. The second-order valence-electron chi connectivity index (χ2n) is 5.97. The molecule has 0 aromatic rings. The monoisotopic (exact) mass is 241 g/mol. The summed E-state index contributed by atoms with van der Waals surface area (Å²) < 4.78 is 0. The molecule has 1 aliphatic rings. The summed E-state index contributed by atoms with van der Waals surface area (Å²) in [6.45, 7) is 10.5. The highest BCUT2D eigenvalue weighted by Crippen LogP contribution is 2.14. The van der Waals surface area contributed by atoms with Crippen LogP contribution < -0.4 is 5.32 Å². The van der Waals surface area contributed by atoms with E-state index in [4.69, 9.17) is 0 Å². The van der Waals surface area contributed by atoms with E-state index >= 15 is 0 Å². The summed E-state index contributed by atoms with van der Waals surface area (Å²) in [5.41, 5.74) is 0. The number of likely N-dealkylation sites (tertiary alicyclic amines) is 1. The van der Waals surface area contributed by atoms with Gasteiger partial charge in [0, 0.05) is 25.7 Å². The Morgan fingerprint density at radius 2 is 2.12 bits per heavy atom. The first-order valence-corrected chi connectivity index (χ1v) is 7.19. The normalized spacial score (nSPS) is 21.9. The Morgan fingerprint density at radius 3 is 2.71 bits per heavy atom. The first kappa shape index (κ1) is 14.9. The summed E-state index contributed by atoms with van der Waals surface area (Å²) in [5, 5.41) is 3.53. The highest BCUT2D eigenvalue weighted by molar-refractivity contribution is 4.78. The average Bonchev–Trinajstić information content (AvgIpc) is 2.63. The van der Waals surface area contributed by atoms with Gasteiger partial charge >= 0.3 is 0 Å². The minimum absolute atomic E-state index is 0.788. The number of hydrogen-bond donors (Lipinski definition) is 1. The van der Waals surface area contributed by atoms with Crippen molar-refractivity contribution < 1.29 is 0 Å². The van der Waals surface area contributed by atoms with Gasteiger partial charge in [0.05, 0.1) is 0 Å². The molecule has 1 atom stereocenters. The highest BCUT2D eigenvalue weighted by Gasteiger charge is 2.21. The van der Waals surface area contributed by atoms with E-state index < -0.39 is 0 Å². The lowest BCUT2D eigenvalue weighted by Crippen LogP contribution is -2.39. The maximum absolute atomic E-state index is 3.53. The number of rotatable bonds is 8. The van der Waals surface area contributed by atoms with Crippen LogP contribution in [0, 0.1) is 5.92 Å². The van der Waals surface area contributed by atoms with Crippen LogP contribution in [-0.4, -0.2) is 62.7 Å². The van der Waals surface area contributed by atoms with Gasteiger partial charge in [-0.05, 0) is 52.4 Å². The van der Waals surface area contributed by atoms with Crippen LogP contribution in [0.2, 0.25) is 0 Å². The van der Waals surface area contributed by atoms with Gasteiger partial charge in [-0.1, -0.05) is 13.8 Å². The van der Waals surface area contributed by atoms with Crippen molar-refractivity contribution in [2.45, 2.75) is 39.2 Å². The van der Waals surface area contributed by atoms with Gasteiger partial charge in [-0.25, -0.2) is 0 Å². The maximum Gasteiger partial charge on any atom is 0.0220 e. The van der Waals surface area contributed by atoms with Gasteiger partial charge in [-0.15, -0.1) is 0 Å². The molecule has 0 aromatic heterocycles. The van der Waals surface area contributed by atoms with Crippen LogP contribution in [0.5, 0.6) is 0 Å². The Kier molecular flexibility index (Phi) is 7.09. The van der Waals surface area contributed by atoms with Gasteiger partial charge in [0.15, 0.2) is 0 Å². The first-order valence-electron chi connectivity index (χ1n) is 7.19. The molecule has 0 bridgehead atoms. The molecule has 0 aromatic carbocycles. The summed E-state index contributed by atoms with van der Waals surface area (Å²) in [7, 11) is 4.50. The van der Waals surface area contributed by atoms with Crippen LogP contribution in [0.15, 0.2) is 0 Å². The quantitative estimate of drug-likeness (QED) is 0.652. The van der Waals surface area contributed by atoms with Crippen LogP contribution in [0.4, 0.5) is 0 Å². The average molecular weight is 241 g/mol. The molecule has 1 unspecified atom stereocenters. The molecule has 0 spiro atoms. The van der Waals surface area contributed by atoms with Gasteiger partial charge in [0.2, 0.25) is 0 Å². The Bertz CT molecular complexity index is 194. The van der Waals surface area contributed by atoms with E-state index in [9.17, 15) is 0 Å². The van der Waals surface area contributed by atoms with Crippen LogP contribution in [0.1, 0.15) is 33.1 Å². The van der Waals surface area contributed by atoms with E-state index in [1.807, 2.05) is 0 Å². The zero-order chi connectivity index (χ0) is 12.7. The molecule has 1 heterocycles. The largest absolute Gasteiger partial charge is 0.315 e. The molecular weight excluding hydrogens is 210 g/mol. The van der Waals surface area contributed by atoms with Crippen molar-refractivity contribution in [1.29, 1.82) is 0 Å². The smallest absolute Gasteiger partial charge is 0.0220 e. The van der Waals surface area contributed by atoms with Gasteiger partial charge in [-0.2, -0.15) is 0 Å². The lowest BCUT2D eigenvalue weighted by Gasteiger charge is -2.25. The van der Waals surface area contributed by atoms with Gasteiger partial charge in [0.25, 0.3) is 0 Å². The Labute approximate surface area is 108 Å². The van der Waals surface area contributed by atoms with Crippen molar-refractivity contribution in [3.63, 3.8) is 0 Å². The fraction of sp³-hybridized carbons (Fsp3) is 1.00. The fourth-order valence-corrected chi connectivity index (χ4v) is 2.45. The van der Waals surface area contributed by atoms with Crippen molar-refractivity contribution in [3.05, 3.63) is 0 Å². The molecule has 0 aliphatic carbocycles. The molecule has 102 valence electrons. The van der Waals surface area contributed by atoms with E-state index in [1.54, 1.807) is 0 Å². The highest BCUT2D eigenvalue weighted by atomic mass is 15.2. The Morgan fingerprint density at radius 1 is 1.35 bits per heavy atom. The topological polar surface area (TPSA) is 18.5 Å². The molecule has 0 saturated carbocycles. The van der Waals surface area contributed by atoms with E-state index in [-0.39, 0.29) is 0 Å². The number of hydrogen-bond acceptors (Lipinski definition) is 3. The van der Waals surface area contributed by atoms with Crippen molar-refractivity contribution in [1.82, 2.24) is 15.1 Å². The summed E-state index contributed by atoms with van der Waals surface area (Å²) in [4.78, 5) is 4.97. The molecule has 17 heavy (non-hydrogen) atoms. The van der Waals surface area contributed by atoms with Crippen molar-refractivity contribution in [2.24, 2.45) is 5.92 Å². The van der Waals surface area contributed by atoms with E-state index in [2.05, 4.69) is 43.1 Å². The fourth-order valence-electron chi connectivity index (χ4n) is 2.45. The van der Waals surface area contributed by atoms with Crippen molar-refractivity contribution in [2.75, 3.05) is 46.8 Å². The standard InChI is InChI=1S/C14H31N3/c1-13(2)7-8-15-9-11-16(3)12-14-6-5-10-17(14)4/h13-15H,5-12H2,1-4H3. The summed E-state index contributed by atoms with van der Waals surface area (Å²) >= 11 is 0. The third kappa shape index (κ3) is 6.39. The Hall–Kier alpha value is -0.120. The lowest BCUT2D eigenvalue weighted by atomic mass is 10.1. The zero-order valence-electron chi connectivity index (χ0n) is 12.2. The minimum atomic E-state index is 0.788. The summed E-state index contributed by atoms with van der Waals surface area (Å²) in [5.74, 6) is 0.812. The van der Waals surface area contributed by atoms with Gasteiger partial charge in [0.1, 0.15) is 0 Å². The van der Waals surface area contributed by atoms with Crippen LogP contribution in [0.3, 0.4) is 0 Å². The molecule has 1 aliphatic heterocycles. The van der Waals surface area contributed by atoms with Crippen LogP contribution in [0.25, 0.3) is 0 Å². The molecule has 1 fully saturated rings. The predicted octanol–water partition coefficient (Wildman–Crippen LogP) is 1.65. The van der Waals surface area contributed by atoms with Crippen LogP contribution in [-0.2, 0) is 0 Å². The zero-order valence-corrected chi connectivity index (χ0v) is 12.2. The summed E-state index contributed by atoms with van der Waals surface area (Å²) in [6, 6.07) is 0.788. The second kappa shape index (κ2) is 8.06. The molecular formula is C14H31N3. The van der Waals surface area contributed by atoms with Crippen molar-refractivity contribution in [3.8, 4) is 0 Å². The van der Waals surface area contributed by atoms with E-state index in [0.717, 1.165) is 25.0 Å². The molecule has 3 nitrogen and oxygen atoms in total. The minimum Gasteiger partial charge on any atom is -0.315 e. The predicted molar refractivity (Wildman–Crippen MR) is 75.5 cm³/mol. The SMILES string of the molecule is CC(C)CCNCCN(C)CC1CCCN1C. The van der Waals surface area contributed by atoms with E-state index in [0.29, 0.717) is 0 Å². The van der Waals surface area contributed by atoms with Gasteiger partial charge < -0.3 is 15.1 Å². The van der Waals surface area contributed by atoms with Gasteiger partial charge in [-0.3, -0.25) is 0 Å². The first-order chi connectivity index (χ1) is 8.09. The molecule has 1 N–H and O–H groups in total. The third-order valence-electron chi connectivity index (χ3n) is 3.76. The molecule has 0 radical (unpaired) electrons. The third-order valence-corrected chi connectivity index (χ3v) is 3.76. The van der Waals surface area contributed by atoms with E-state index in [1.165, 1.54) is 38.9 Å². The molecule has 0 amide bonds. The second-order valence-corrected chi connectivity index (χ2v) is 5.97. The van der Waals surface area contributed by atoms with Crippen molar-refractivity contribution >= 4 is 0 Å². The van der Waals surface area contributed by atoms with Crippen LogP contribution >= 0.6 is 0 Å². The molecule has 1 saturated heterocycles. The number of nitrogens with zero attached hydrogens (tertiary/aromatic N) is 2. The lowest BCUT2D eigenvalue weighted by molar-refractivity contribution is 0.220. The Balaban J connectivity index is 1.99. The molecule has 1 rings (SSSR count). The number of likely N-dealkylation sites (N-methyl/N-ethyl adjacent to an activating group) is 2. The number of nitrogens with one attached hydrogen (secondary N) is 1. The maximum atomic E-state index is 3.53.